The fourth-order valence-electron chi connectivity index (χ4n) is 1.65. The molecule has 1 unspecified atom stereocenters. The highest BCUT2D eigenvalue weighted by Crippen LogP contribution is 2.22. The first-order valence-electron chi connectivity index (χ1n) is 6.38. The van der Waals surface area contributed by atoms with Crippen LogP contribution in [0.5, 0.6) is 0 Å². The molecule has 1 atom stereocenters. The molecule has 1 aromatic rings. The summed E-state index contributed by atoms with van der Waals surface area (Å²) in [6.07, 6.45) is 0.670. The predicted octanol–water partition coefficient (Wildman–Crippen LogP) is 3.13. The second kappa shape index (κ2) is 7.92. The van der Waals surface area contributed by atoms with Gasteiger partial charge in [0.05, 0.1) is 16.6 Å². The molecule has 8 heteroatoms. The van der Waals surface area contributed by atoms with Crippen molar-refractivity contribution in [1.29, 1.82) is 0 Å². The van der Waals surface area contributed by atoms with E-state index in [1.54, 1.807) is 18.7 Å². The molecule has 0 aliphatic heterocycles. The van der Waals surface area contributed by atoms with Crippen LogP contribution in [-0.2, 0) is 0 Å². The van der Waals surface area contributed by atoms with Crippen LogP contribution in [0, 0.1) is 21.7 Å². The Hall–Kier alpha value is -1.70. The Bertz CT molecular complexity index is 540. The lowest BCUT2D eigenvalue weighted by Crippen LogP contribution is -2.33. The van der Waals surface area contributed by atoms with Gasteiger partial charge in [-0.2, -0.15) is 16.2 Å². The first kappa shape index (κ1) is 17.4. The molecule has 1 rings (SSSR count). The highest BCUT2D eigenvalue weighted by Gasteiger charge is 2.24. The minimum absolute atomic E-state index is 0.238. The van der Waals surface area contributed by atoms with Crippen molar-refractivity contribution in [3.8, 4) is 0 Å². The van der Waals surface area contributed by atoms with Crippen LogP contribution >= 0.6 is 11.8 Å². The number of carbonyl (C=O) groups excluding carboxylic acids is 1. The molecule has 0 aliphatic rings. The second-order valence-corrected chi connectivity index (χ2v) is 5.80. The van der Waals surface area contributed by atoms with Gasteiger partial charge in [0.2, 0.25) is 5.82 Å². The molecule has 0 saturated carbocycles. The number of thioether (sulfide) groups is 1. The maximum atomic E-state index is 13.8. The average Bonchev–Trinajstić information content (AvgIpc) is 2.40. The van der Waals surface area contributed by atoms with Gasteiger partial charge in [-0.3, -0.25) is 14.9 Å². The van der Waals surface area contributed by atoms with Crippen LogP contribution in [0.15, 0.2) is 12.1 Å². The first-order valence-corrected chi connectivity index (χ1v) is 7.54. The summed E-state index contributed by atoms with van der Waals surface area (Å²) in [6.45, 7) is 3.74. The van der Waals surface area contributed by atoms with Crippen molar-refractivity contribution >= 4 is 23.4 Å². The number of nitrogens with one attached hydrogen (secondary N) is 1. The monoisotopic (exact) mass is 318 g/mol. The highest BCUT2D eigenvalue weighted by atomic mass is 32.2. The van der Waals surface area contributed by atoms with Crippen LogP contribution in [0.25, 0.3) is 0 Å². The summed E-state index contributed by atoms with van der Waals surface area (Å²) in [5.41, 5.74) is -1.70. The van der Waals surface area contributed by atoms with Crippen LogP contribution in [0.2, 0.25) is 0 Å². The fourth-order valence-corrected chi connectivity index (χ4v) is 2.46. The van der Waals surface area contributed by atoms with E-state index in [1.807, 2.05) is 6.92 Å². The third-order valence-corrected chi connectivity index (χ3v) is 3.67. The van der Waals surface area contributed by atoms with Crippen LogP contribution in [0.4, 0.5) is 14.5 Å². The van der Waals surface area contributed by atoms with Gasteiger partial charge in [0.25, 0.3) is 5.91 Å². The summed E-state index contributed by atoms with van der Waals surface area (Å²) in [7, 11) is 0. The van der Waals surface area contributed by atoms with Crippen molar-refractivity contribution in [2.45, 2.75) is 26.3 Å². The van der Waals surface area contributed by atoms with Gasteiger partial charge < -0.3 is 5.32 Å². The van der Waals surface area contributed by atoms with Gasteiger partial charge in [0.15, 0.2) is 0 Å². The summed E-state index contributed by atoms with van der Waals surface area (Å²) in [5, 5.41) is 13.1. The molecule has 0 aromatic heterocycles. The van der Waals surface area contributed by atoms with Crippen molar-refractivity contribution in [3.63, 3.8) is 0 Å². The van der Waals surface area contributed by atoms with E-state index < -0.39 is 33.7 Å². The largest absolute Gasteiger partial charge is 0.349 e. The molecule has 0 heterocycles. The number of nitro groups is 1. The minimum atomic E-state index is -1.32. The number of nitrogens with zero attached hydrogens (tertiary/aromatic N) is 1. The SMILES string of the molecule is CCSCCC(C)NC(=O)c1cc(F)cc([N+](=O)[O-])c1F. The second-order valence-electron chi connectivity index (χ2n) is 4.40. The van der Waals surface area contributed by atoms with Crippen LogP contribution in [-0.4, -0.2) is 28.4 Å². The van der Waals surface area contributed by atoms with Crippen molar-refractivity contribution in [3.05, 3.63) is 39.4 Å². The molecule has 0 bridgehead atoms. The zero-order chi connectivity index (χ0) is 16.0. The van der Waals surface area contributed by atoms with E-state index >= 15 is 0 Å². The van der Waals surface area contributed by atoms with Crippen molar-refractivity contribution in [2.75, 3.05) is 11.5 Å². The molecule has 1 amide bonds. The number of amides is 1. The lowest BCUT2D eigenvalue weighted by Gasteiger charge is -2.13. The standard InChI is InChI=1S/C13H16F2N2O3S/c1-3-21-5-4-8(2)16-13(18)10-6-9(14)7-11(12(10)15)17(19)20/h6-8H,3-5H2,1-2H3,(H,16,18). The Kier molecular flexibility index (Phi) is 6.54. The maximum Gasteiger partial charge on any atom is 0.308 e. The number of carbonyl (C=O) groups is 1. The van der Waals surface area contributed by atoms with Crippen molar-refractivity contribution in [1.82, 2.24) is 5.32 Å². The summed E-state index contributed by atoms with van der Waals surface area (Å²) in [5.74, 6) is -1.43. The van der Waals surface area contributed by atoms with E-state index in [9.17, 15) is 23.7 Å². The van der Waals surface area contributed by atoms with E-state index in [2.05, 4.69) is 5.32 Å². The maximum absolute atomic E-state index is 13.8. The molecule has 0 radical (unpaired) electrons. The number of halogens is 2. The molecule has 0 aliphatic carbocycles. The molecular formula is C13H16F2N2O3S. The van der Waals surface area contributed by atoms with E-state index in [0.717, 1.165) is 11.5 Å². The van der Waals surface area contributed by atoms with Gasteiger partial charge >= 0.3 is 5.69 Å². The zero-order valence-electron chi connectivity index (χ0n) is 11.7. The Morgan fingerprint density at radius 1 is 1.48 bits per heavy atom. The fraction of sp³-hybridized carbons (Fsp3) is 0.462. The third-order valence-electron chi connectivity index (χ3n) is 2.74. The number of rotatable bonds is 7. The lowest BCUT2D eigenvalue weighted by atomic mass is 10.1. The number of nitro benzene ring substituents is 1. The predicted molar refractivity (Wildman–Crippen MR) is 77.6 cm³/mol. The highest BCUT2D eigenvalue weighted by molar-refractivity contribution is 7.99. The van der Waals surface area contributed by atoms with Gasteiger partial charge in [-0.15, -0.1) is 0 Å². The topological polar surface area (TPSA) is 72.2 Å². The lowest BCUT2D eigenvalue weighted by molar-refractivity contribution is -0.387. The molecule has 1 aromatic carbocycles. The quantitative estimate of drug-likeness (QED) is 0.476. The van der Waals surface area contributed by atoms with Crippen molar-refractivity contribution < 1.29 is 18.5 Å². The number of benzene rings is 1. The number of hydrogen-bond donors (Lipinski definition) is 1. The molecule has 116 valence electrons. The van der Waals surface area contributed by atoms with Gasteiger partial charge in [-0.1, -0.05) is 6.92 Å². The van der Waals surface area contributed by atoms with E-state index in [-0.39, 0.29) is 6.04 Å². The molecule has 5 nitrogen and oxygen atoms in total. The first-order chi connectivity index (χ1) is 9.86. The third kappa shape index (κ3) is 4.96. The van der Waals surface area contributed by atoms with E-state index in [1.165, 1.54) is 0 Å². The molecule has 1 N–H and O–H groups in total. The van der Waals surface area contributed by atoms with Crippen LogP contribution < -0.4 is 5.32 Å². The van der Waals surface area contributed by atoms with E-state index in [4.69, 9.17) is 0 Å². The molecule has 0 fully saturated rings. The van der Waals surface area contributed by atoms with Crippen LogP contribution in [0.3, 0.4) is 0 Å². The van der Waals surface area contributed by atoms with E-state index in [0.29, 0.717) is 18.6 Å². The van der Waals surface area contributed by atoms with Gasteiger partial charge in [0, 0.05) is 6.04 Å². The average molecular weight is 318 g/mol. The Balaban J connectivity index is 2.85. The summed E-state index contributed by atoms with van der Waals surface area (Å²) < 4.78 is 27.1. The Morgan fingerprint density at radius 3 is 2.71 bits per heavy atom. The smallest absolute Gasteiger partial charge is 0.308 e. The molecular weight excluding hydrogens is 302 g/mol. The summed E-state index contributed by atoms with van der Waals surface area (Å²) in [6, 6.07) is 0.872. The van der Waals surface area contributed by atoms with Crippen LogP contribution in [0.1, 0.15) is 30.6 Å². The zero-order valence-corrected chi connectivity index (χ0v) is 12.5. The normalized spacial score (nSPS) is 12.0. The molecule has 21 heavy (non-hydrogen) atoms. The van der Waals surface area contributed by atoms with Gasteiger partial charge in [-0.05, 0) is 30.9 Å². The van der Waals surface area contributed by atoms with Gasteiger partial charge in [-0.25, -0.2) is 4.39 Å². The van der Waals surface area contributed by atoms with Crippen molar-refractivity contribution in [2.24, 2.45) is 0 Å². The number of hydrogen-bond acceptors (Lipinski definition) is 4. The molecule has 0 saturated heterocycles. The van der Waals surface area contributed by atoms with Gasteiger partial charge in [0.1, 0.15) is 5.82 Å². The Morgan fingerprint density at radius 2 is 2.14 bits per heavy atom. The summed E-state index contributed by atoms with van der Waals surface area (Å²) >= 11 is 1.70. The summed E-state index contributed by atoms with van der Waals surface area (Å²) in [4.78, 5) is 21.4. The molecule has 0 spiro atoms. The minimum Gasteiger partial charge on any atom is -0.349 e. The Labute approximate surface area is 125 Å².